The fraction of sp³-hybridized carbons (Fsp3) is 0.600. The van der Waals surface area contributed by atoms with Crippen molar-refractivity contribution in [3.8, 4) is 5.75 Å². The smallest absolute Gasteiger partial charge is 0.227 e. The van der Waals surface area contributed by atoms with E-state index in [2.05, 4.69) is 12.2 Å². The molecular weight excluding hydrogens is 316 g/mol. The van der Waals surface area contributed by atoms with Gasteiger partial charge in [0.05, 0.1) is 18.7 Å². The van der Waals surface area contributed by atoms with Crippen LogP contribution in [0.2, 0.25) is 0 Å². The topological polar surface area (TPSA) is 58.6 Å². The van der Waals surface area contributed by atoms with E-state index in [-0.39, 0.29) is 30.2 Å². The summed E-state index contributed by atoms with van der Waals surface area (Å²) in [4.78, 5) is 26.8. The Morgan fingerprint density at radius 3 is 2.64 bits per heavy atom. The van der Waals surface area contributed by atoms with Gasteiger partial charge in [-0.25, -0.2) is 0 Å². The molecule has 3 rings (SSSR count). The first kappa shape index (κ1) is 17.8. The highest BCUT2D eigenvalue weighted by molar-refractivity contribution is 6.01. The molecule has 1 aromatic carbocycles. The third-order valence-corrected chi connectivity index (χ3v) is 5.48. The summed E-state index contributed by atoms with van der Waals surface area (Å²) in [5.41, 5.74) is 1.82. The van der Waals surface area contributed by atoms with E-state index in [0.717, 1.165) is 30.0 Å². The van der Waals surface area contributed by atoms with E-state index in [0.29, 0.717) is 12.3 Å². The zero-order valence-corrected chi connectivity index (χ0v) is 15.4. The Morgan fingerprint density at radius 2 is 1.96 bits per heavy atom. The molecule has 0 aromatic heterocycles. The Kier molecular flexibility index (Phi) is 5.30. The number of nitrogens with one attached hydrogen (secondary N) is 1. The summed E-state index contributed by atoms with van der Waals surface area (Å²) in [6.45, 7) is 4.67. The number of carbonyl (C=O) groups excluding carboxylic acids is 2. The van der Waals surface area contributed by atoms with Crippen molar-refractivity contribution < 1.29 is 14.3 Å². The second kappa shape index (κ2) is 7.46. The lowest BCUT2D eigenvalue weighted by Gasteiger charge is -2.28. The van der Waals surface area contributed by atoms with Gasteiger partial charge in [-0.2, -0.15) is 0 Å². The van der Waals surface area contributed by atoms with Crippen LogP contribution in [0.3, 0.4) is 0 Å². The standard InChI is InChI=1S/C20H28N2O3/c1-13-4-7-16(8-5-13)21-20(24)15-11-19(23)22(12-15)17-10-14(2)6-9-18(17)25-3/h6,9-10,13,15-16H,4-5,7-8,11-12H2,1-3H3,(H,21,24). The van der Waals surface area contributed by atoms with Gasteiger partial charge in [0.15, 0.2) is 0 Å². The minimum Gasteiger partial charge on any atom is -0.495 e. The van der Waals surface area contributed by atoms with E-state index in [4.69, 9.17) is 4.74 Å². The minimum absolute atomic E-state index is 0.0127. The predicted octanol–water partition coefficient (Wildman–Crippen LogP) is 3.05. The number of amides is 2. The Balaban J connectivity index is 1.66. The number of benzene rings is 1. The van der Waals surface area contributed by atoms with E-state index >= 15 is 0 Å². The number of rotatable bonds is 4. The highest BCUT2D eigenvalue weighted by Gasteiger charge is 2.37. The van der Waals surface area contributed by atoms with Gasteiger partial charge in [0, 0.05) is 19.0 Å². The largest absolute Gasteiger partial charge is 0.495 e. The van der Waals surface area contributed by atoms with Crippen molar-refractivity contribution in [1.29, 1.82) is 0 Å². The van der Waals surface area contributed by atoms with Crippen LogP contribution in [0.25, 0.3) is 0 Å². The fourth-order valence-corrected chi connectivity index (χ4v) is 3.85. The average Bonchev–Trinajstić information content (AvgIpc) is 2.98. The lowest BCUT2D eigenvalue weighted by Crippen LogP contribution is -2.41. The molecule has 5 heteroatoms. The molecule has 2 aliphatic rings. The lowest BCUT2D eigenvalue weighted by atomic mass is 9.87. The molecular formula is C20H28N2O3. The molecule has 2 fully saturated rings. The number of methoxy groups -OCH3 is 1. The van der Waals surface area contributed by atoms with Gasteiger partial charge < -0.3 is 15.0 Å². The molecule has 0 bridgehead atoms. The van der Waals surface area contributed by atoms with Crippen molar-refractivity contribution in [3.05, 3.63) is 23.8 Å². The molecule has 5 nitrogen and oxygen atoms in total. The summed E-state index contributed by atoms with van der Waals surface area (Å²) < 4.78 is 5.39. The van der Waals surface area contributed by atoms with Gasteiger partial charge >= 0.3 is 0 Å². The van der Waals surface area contributed by atoms with Crippen LogP contribution in [0.15, 0.2) is 18.2 Å². The van der Waals surface area contributed by atoms with Crippen molar-refractivity contribution >= 4 is 17.5 Å². The number of ether oxygens (including phenoxy) is 1. The summed E-state index contributed by atoms with van der Waals surface area (Å²) in [7, 11) is 1.60. The quantitative estimate of drug-likeness (QED) is 0.913. The molecule has 1 unspecified atom stereocenters. The van der Waals surface area contributed by atoms with E-state index < -0.39 is 0 Å². The molecule has 1 aromatic rings. The Hall–Kier alpha value is -2.04. The lowest BCUT2D eigenvalue weighted by molar-refractivity contribution is -0.127. The first-order chi connectivity index (χ1) is 12.0. The number of aryl methyl sites for hydroxylation is 1. The fourth-order valence-electron chi connectivity index (χ4n) is 3.85. The third-order valence-electron chi connectivity index (χ3n) is 5.48. The SMILES string of the molecule is COc1ccc(C)cc1N1CC(C(=O)NC2CCC(C)CC2)CC1=O. The summed E-state index contributed by atoms with van der Waals surface area (Å²) >= 11 is 0. The minimum atomic E-state index is -0.280. The summed E-state index contributed by atoms with van der Waals surface area (Å²) in [6, 6.07) is 6.03. The molecule has 1 heterocycles. The summed E-state index contributed by atoms with van der Waals surface area (Å²) in [5.74, 6) is 1.15. The maximum absolute atomic E-state index is 12.6. The van der Waals surface area contributed by atoms with Crippen LogP contribution in [-0.2, 0) is 9.59 Å². The predicted molar refractivity (Wildman–Crippen MR) is 97.8 cm³/mol. The molecule has 2 amide bonds. The van der Waals surface area contributed by atoms with Crippen molar-refractivity contribution in [2.24, 2.45) is 11.8 Å². The zero-order valence-electron chi connectivity index (χ0n) is 15.4. The van der Waals surface area contributed by atoms with E-state index in [9.17, 15) is 9.59 Å². The van der Waals surface area contributed by atoms with Crippen LogP contribution in [0.1, 0.15) is 44.6 Å². The molecule has 1 N–H and O–H groups in total. The molecule has 0 radical (unpaired) electrons. The molecule has 0 spiro atoms. The van der Waals surface area contributed by atoms with Crippen LogP contribution < -0.4 is 15.0 Å². The molecule has 1 aliphatic carbocycles. The zero-order chi connectivity index (χ0) is 18.0. The maximum atomic E-state index is 12.6. The molecule has 1 atom stereocenters. The first-order valence-corrected chi connectivity index (χ1v) is 9.23. The molecule has 1 saturated heterocycles. The van der Waals surface area contributed by atoms with Gasteiger partial charge in [-0.15, -0.1) is 0 Å². The monoisotopic (exact) mass is 344 g/mol. The highest BCUT2D eigenvalue weighted by atomic mass is 16.5. The van der Waals surface area contributed by atoms with Gasteiger partial charge in [-0.3, -0.25) is 9.59 Å². The highest BCUT2D eigenvalue weighted by Crippen LogP contribution is 2.34. The number of hydrogen-bond donors (Lipinski definition) is 1. The van der Waals surface area contributed by atoms with Crippen LogP contribution in [0, 0.1) is 18.8 Å². The van der Waals surface area contributed by atoms with Gasteiger partial charge in [0.2, 0.25) is 11.8 Å². The van der Waals surface area contributed by atoms with E-state index in [1.807, 2.05) is 25.1 Å². The van der Waals surface area contributed by atoms with Crippen LogP contribution in [-0.4, -0.2) is 31.5 Å². The second-order valence-corrected chi connectivity index (χ2v) is 7.55. The van der Waals surface area contributed by atoms with Gasteiger partial charge in [0.25, 0.3) is 0 Å². The molecule has 25 heavy (non-hydrogen) atoms. The average molecular weight is 344 g/mol. The first-order valence-electron chi connectivity index (χ1n) is 9.23. The van der Waals surface area contributed by atoms with Crippen LogP contribution in [0.4, 0.5) is 5.69 Å². The number of nitrogens with zero attached hydrogens (tertiary/aromatic N) is 1. The summed E-state index contributed by atoms with van der Waals surface area (Å²) in [6.07, 6.45) is 4.69. The number of hydrogen-bond acceptors (Lipinski definition) is 3. The molecule has 1 aliphatic heterocycles. The van der Waals surface area contributed by atoms with Crippen LogP contribution in [0.5, 0.6) is 5.75 Å². The second-order valence-electron chi connectivity index (χ2n) is 7.55. The van der Waals surface area contributed by atoms with Gasteiger partial charge in [0.1, 0.15) is 5.75 Å². The Labute approximate surface area is 149 Å². The molecule has 136 valence electrons. The Morgan fingerprint density at radius 1 is 1.24 bits per heavy atom. The Bertz CT molecular complexity index is 650. The maximum Gasteiger partial charge on any atom is 0.227 e. The van der Waals surface area contributed by atoms with Crippen LogP contribution >= 0.6 is 0 Å². The summed E-state index contributed by atoms with van der Waals surface area (Å²) in [5, 5.41) is 3.16. The van der Waals surface area contributed by atoms with Crippen molar-refractivity contribution in [3.63, 3.8) is 0 Å². The number of carbonyl (C=O) groups is 2. The van der Waals surface area contributed by atoms with Gasteiger partial charge in [-0.05, 0) is 56.2 Å². The van der Waals surface area contributed by atoms with Crippen molar-refractivity contribution in [1.82, 2.24) is 5.32 Å². The van der Waals surface area contributed by atoms with Crippen molar-refractivity contribution in [2.45, 2.75) is 52.0 Å². The van der Waals surface area contributed by atoms with E-state index in [1.54, 1.807) is 12.0 Å². The third kappa shape index (κ3) is 3.97. The number of anilines is 1. The van der Waals surface area contributed by atoms with Crippen molar-refractivity contribution in [2.75, 3.05) is 18.6 Å². The normalized spacial score (nSPS) is 26.6. The van der Waals surface area contributed by atoms with E-state index in [1.165, 1.54) is 12.8 Å². The van der Waals surface area contributed by atoms with Gasteiger partial charge in [-0.1, -0.05) is 13.0 Å². The molecule has 1 saturated carbocycles.